The molecule has 0 saturated heterocycles. The molecule has 0 amide bonds. The lowest BCUT2D eigenvalue weighted by molar-refractivity contribution is -0.661. The monoisotopic (exact) mass is 431 g/mol. The molecule has 0 radical (unpaired) electrons. The molecule has 0 bridgehead atoms. The van der Waals surface area contributed by atoms with Crippen LogP contribution in [-0.4, -0.2) is 33.5 Å². The van der Waals surface area contributed by atoms with E-state index in [1.54, 1.807) is 12.1 Å². The predicted molar refractivity (Wildman–Crippen MR) is 99.5 cm³/mol. The molecular weight excluding hydrogens is 410 g/mol. The molecule has 0 saturated carbocycles. The molecule has 0 spiro atoms. The fraction of sp³-hybridized carbons (Fsp3) is 0.350. The second kappa shape index (κ2) is 7.40. The number of nitrogens with zero attached hydrogens (tertiary/aromatic N) is 3. The van der Waals surface area contributed by atoms with Crippen LogP contribution in [0.15, 0.2) is 48.5 Å². The van der Waals surface area contributed by atoms with Crippen LogP contribution in [0.3, 0.4) is 0 Å². The molecular formula is C20H22BrN3O3. The van der Waals surface area contributed by atoms with E-state index in [0.29, 0.717) is 12.1 Å². The van der Waals surface area contributed by atoms with E-state index in [4.69, 9.17) is 0 Å². The summed E-state index contributed by atoms with van der Waals surface area (Å²) < 4.78 is 2.03. The van der Waals surface area contributed by atoms with E-state index < -0.39 is 10.6 Å². The molecule has 2 aromatic rings. The van der Waals surface area contributed by atoms with Crippen molar-refractivity contribution in [2.24, 2.45) is 0 Å². The van der Waals surface area contributed by atoms with Gasteiger partial charge in [-0.2, -0.15) is 0 Å². The van der Waals surface area contributed by atoms with E-state index >= 15 is 0 Å². The Morgan fingerprint density at radius 3 is 2.70 bits per heavy atom. The van der Waals surface area contributed by atoms with Crippen molar-refractivity contribution in [2.75, 3.05) is 18.0 Å². The van der Waals surface area contributed by atoms with Crippen LogP contribution in [0.5, 0.6) is 0 Å². The van der Waals surface area contributed by atoms with Crippen molar-refractivity contribution in [3.05, 3.63) is 69.8 Å². The molecule has 0 aromatic heterocycles. The number of nitro groups is 1. The van der Waals surface area contributed by atoms with Crippen molar-refractivity contribution in [1.82, 2.24) is 0 Å². The summed E-state index contributed by atoms with van der Waals surface area (Å²) in [5.74, 6) is 1.10. The number of amidine groups is 1. The number of hydrogen-bond donors (Lipinski definition) is 1. The summed E-state index contributed by atoms with van der Waals surface area (Å²) in [5.41, 5.74) is 1.54. The van der Waals surface area contributed by atoms with Gasteiger partial charge in [0.05, 0.1) is 11.5 Å². The first kappa shape index (κ1) is 19.5. The van der Waals surface area contributed by atoms with Crippen molar-refractivity contribution in [3.63, 3.8) is 0 Å². The lowest BCUT2D eigenvalue weighted by Crippen LogP contribution is -3.00. The average molecular weight is 432 g/mol. The maximum atomic E-state index is 11.6. The Hall–Kier alpha value is -2.25. The van der Waals surface area contributed by atoms with Crippen molar-refractivity contribution in [3.8, 4) is 0 Å². The Morgan fingerprint density at radius 1 is 1.19 bits per heavy atom. The normalized spacial score (nSPS) is 21.6. The highest BCUT2D eigenvalue weighted by molar-refractivity contribution is 5.96. The molecule has 1 N–H and O–H groups in total. The smallest absolute Gasteiger partial charge is 0.271 e. The number of halogens is 1. The van der Waals surface area contributed by atoms with Gasteiger partial charge in [0.25, 0.3) is 17.2 Å². The minimum absolute atomic E-state index is 0. The average Bonchev–Trinajstić information content (AvgIpc) is 2.97. The summed E-state index contributed by atoms with van der Waals surface area (Å²) in [6.45, 7) is 3.18. The Kier molecular flexibility index (Phi) is 5.35. The first-order valence-electron chi connectivity index (χ1n) is 8.95. The SMILES string of the molecule is Cc1ccccc1N1CC(O)(c2cccc([N+](=O)[O-])c2)[N+]2=C1CCCC2.[Br-]. The Morgan fingerprint density at radius 2 is 1.96 bits per heavy atom. The number of hydrogen-bond acceptors (Lipinski definition) is 4. The predicted octanol–water partition coefficient (Wildman–Crippen LogP) is 0.167. The second-order valence-electron chi connectivity index (χ2n) is 7.02. The van der Waals surface area contributed by atoms with E-state index in [9.17, 15) is 15.2 Å². The maximum absolute atomic E-state index is 11.6. The van der Waals surface area contributed by atoms with E-state index in [-0.39, 0.29) is 22.7 Å². The number of anilines is 1. The molecule has 2 aliphatic heterocycles. The summed E-state index contributed by atoms with van der Waals surface area (Å²) in [6.07, 6.45) is 2.98. The summed E-state index contributed by atoms with van der Waals surface area (Å²) in [7, 11) is 0. The fourth-order valence-electron chi connectivity index (χ4n) is 4.10. The van der Waals surface area contributed by atoms with Crippen LogP contribution in [0, 0.1) is 17.0 Å². The van der Waals surface area contributed by atoms with Gasteiger partial charge in [0.15, 0.2) is 6.54 Å². The van der Waals surface area contributed by atoms with Crippen LogP contribution < -0.4 is 21.9 Å². The van der Waals surface area contributed by atoms with Gasteiger partial charge in [-0.05, 0) is 31.4 Å². The van der Waals surface area contributed by atoms with E-state index in [1.807, 2.05) is 16.7 Å². The van der Waals surface area contributed by atoms with Gasteiger partial charge in [0, 0.05) is 24.1 Å². The number of aryl methyl sites for hydroxylation is 1. The molecule has 1 unspecified atom stereocenters. The fourth-order valence-corrected chi connectivity index (χ4v) is 4.10. The summed E-state index contributed by atoms with van der Waals surface area (Å²) in [4.78, 5) is 12.9. The van der Waals surface area contributed by atoms with Gasteiger partial charge in [0.2, 0.25) is 0 Å². The van der Waals surface area contributed by atoms with Crippen molar-refractivity contribution < 1.29 is 31.6 Å². The van der Waals surface area contributed by atoms with Gasteiger partial charge in [-0.3, -0.25) is 10.1 Å². The third kappa shape index (κ3) is 3.26. The van der Waals surface area contributed by atoms with Gasteiger partial charge >= 0.3 is 0 Å². The molecule has 2 heterocycles. The van der Waals surface area contributed by atoms with Crippen LogP contribution in [0.25, 0.3) is 0 Å². The number of benzene rings is 2. The zero-order valence-corrected chi connectivity index (χ0v) is 16.7. The summed E-state index contributed by atoms with van der Waals surface area (Å²) >= 11 is 0. The van der Waals surface area contributed by atoms with Crippen molar-refractivity contribution >= 4 is 17.2 Å². The lowest BCUT2D eigenvalue weighted by atomic mass is 10.0. The highest BCUT2D eigenvalue weighted by Gasteiger charge is 2.53. The number of non-ortho nitro benzene ring substituents is 1. The molecule has 2 aliphatic rings. The van der Waals surface area contributed by atoms with Crippen LogP contribution in [0.1, 0.15) is 30.4 Å². The topological polar surface area (TPSA) is 69.6 Å². The number of aliphatic hydroxyl groups is 1. The second-order valence-corrected chi connectivity index (χ2v) is 7.02. The number of β-amino-alcohol motifs (C(OH)–C–C–N with tert-alkyl or cyclic N) is 1. The largest absolute Gasteiger partial charge is 1.00 e. The molecule has 1 atom stereocenters. The molecule has 6 nitrogen and oxygen atoms in total. The zero-order chi connectivity index (χ0) is 18.3. The van der Waals surface area contributed by atoms with Gasteiger partial charge in [0.1, 0.15) is 5.69 Å². The highest BCUT2D eigenvalue weighted by Crippen LogP contribution is 2.37. The quantitative estimate of drug-likeness (QED) is 0.427. The van der Waals surface area contributed by atoms with Gasteiger partial charge < -0.3 is 22.1 Å². The molecule has 0 fully saturated rings. The number of rotatable bonds is 3. The van der Waals surface area contributed by atoms with E-state index in [0.717, 1.165) is 42.9 Å². The lowest BCUT2D eigenvalue weighted by Gasteiger charge is -2.24. The minimum atomic E-state index is -1.26. The maximum Gasteiger partial charge on any atom is 0.271 e. The molecule has 27 heavy (non-hydrogen) atoms. The van der Waals surface area contributed by atoms with Crippen LogP contribution in [-0.2, 0) is 5.72 Å². The molecule has 2 aromatic carbocycles. The molecule has 142 valence electrons. The third-order valence-electron chi connectivity index (χ3n) is 5.41. The first-order valence-corrected chi connectivity index (χ1v) is 8.95. The van der Waals surface area contributed by atoms with E-state index in [2.05, 4.69) is 24.0 Å². The Labute approximate surface area is 168 Å². The summed E-state index contributed by atoms with van der Waals surface area (Å²) in [5, 5.41) is 22.8. The zero-order valence-electron chi connectivity index (χ0n) is 15.1. The molecule has 4 rings (SSSR count). The van der Waals surface area contributed by atoms with Crippen LogP contribution in [0.4, 0.5) is 11.4 Å². The van der Waals surface area contributed by atoms with E-state index in [1.165, 1.54) is 12.1 Å². The number of nitro benzene ring substituents is 1. The van der Waals surface area contributed by atoms with Crippen molar-refractivity contribution in [2.45, 2.75) is 31.9 Å². The number of para-hydroxylation sites is 1. The third-order valence-corrected chi connectivity index (χ3v) is 5.41. The molecule has 0 aliphatic carbocycles. The van der Waals surface area contributed by atoms with Gasteiger partial charge in [-0.15, -0.1) is 0 Å². The molecule has 7 heteroatoms. The standard InChI is InChI=1S/C20H22N3O3.BrH/c1-15-7-2-3-10-18(15)21-14-20(24,22-12-5-4-11-19(21)22)16-8-6-9-17(13-16)23(25)26;/h2-3,6-10,13,24H,4-5,11-12,14H2,1H3;1H/q+1;/p-1. The Balaban J connectivity index is 0.00000210. The van der Waals surface area contributed by atoms with Crippen molar-refractivity contribution in [1.29, 1.82) is 0 Å². The highest BCUT2D eigenvalue weighted by atomic mass is 79.9. The summed E-state index contributed by atoms with van der Waals surface area (Å²) in [6, 6.07) is 14.5. The first-order chi connectivity index (χ1) is 12.5. The van der Waals surface area contributed by atoms with Crippen LogP contribution >= 0.6 is 0 Å². The minimum Gasteiger partial charge on any atom is -1.00 e. The van der Waals surface area contributed by atoms with Gasteiger partial charge in [-0.25, -0.2) is 9.48 Å². The Bertz CT molecular complexity index is 915. The van der Waals surface area contributed by atoms with Gasteiger partial charge in [-0.1, -0.05) is 30.3 Å². The van der Waals surface area contributed by atoms with Crippen LogP contribution in [0.2, 0.25) is 0 Å².